The molecule has 2 aliphatic rings. The van der Waals surface area contributed by atoms with Crippen molar-refractivity contribution in [3.8, 4) is 0 Å². The van der Waals surface area contributed by atoms with Gasteiger partial charge in [0.2, 0.25) is 0 Å². The summed E-state index contributed by atoms with van der Waals surface area (Å²) in [5.74, 6) is 6.68. The Kier molecular flexibility index (Phi) is 2.11. The smallest absolute Gasteiger partial charge is 0.0621 e. The number of hydrazine groups is 1. The van der Waals surface area contributed by atoms with Crippen LogP contribution in [-0.2, 0) is 0 Å². The fourth-order valence-corrected chi connectivity index (χ4v) is 2.36. The van der Waals surface area contributed by atoms with Crippen molar-refractivity contribution in [2.75, 3.05) is 13.2 Å². The maximum Gasteiger partial charge on any atom is 0.0621 e. The molecule has 3 N–H and O–H groups in total. The third kappa shape index (κ3) is 1.41. The van der Waals surface area contributed by atoms with Gasteiger partial charge in [-0.3, -0.25) is 5.84 Å². The van der Waals surface area contributed by atoms with E-state index in [0.29, 0.717) is 6.04 Å². The summed E-state index contributed by atoms with van der Waals surface area (Å²) in [5, 5.41) is 5.31. The quantitative estimate of drug-likeness (QED) is 0.494. The van der Waals surface area contributed by atoms with E-state index in [2.05, 4.69) is 5.32 Å². The molecule has 2 atom stereocenters. The SMILES string of the molecule is NN1CNCC2CCCCC21. The van der Waals surface area contributed by atoms with E-state index in [0.717, 1.165) is 12.6 Å². The van der Waals surface area contributed by atoms with Crippen LogP contribution in [0.3, 0.4) is 0 Å². The minimum Gasteiger partial charge on any atom is -0.303 e. The summed E-state index contributed by atoms with van der Waals surface area (Å²) in [7, 11) is 0. The maximum absolute atomic E-state index is 5.86. The molecule has 0 bridgehead atoms. The van der Waals surface area contributed by atoms with E-state index in [1.54, 1.807) is 0 Å². The molecule has 0 aromatic rings. The van der Waals surface area contributed by atoms with Crippen molar-refractivity contribution in [3.05, 3.63) is 0 Å². The van der Waals surface area contributed by atoms with Crippen LogP contribution < -0.4 is 11.2 Å². The molecule has 1 saturated heterocycles. The molecule has 1 aliphatic heterocycles. The molecule has 0 spiro atoms. The van der Waals surface area contributed by atoms with Crippen molar-refractivity contribution in [2.45, 2.75) is 31.7 Å². The number of nitrogens with zero attached hydrogens (tertiary/aromatic N) is 1. The molecule has 64 valence electrons. The molecule has 0 aromatic heterocycles. The molecular weight excluding hydrogens is 138 g/mol. The Morgan fingerprint density at radius 1 is 1.27 bits per heavy atom. The fraction of sp³-hybridized carbons (Fsp3) is 1.00. The van der Waals surface area contributed by atoms with Crippen LogP contribution >= 0.6 is 0 Å². The lowest BCUT2D eigenvalue weighted by atomic mass is 9.83. The summed E-state index contributed by atoms with van der Waals surface area (Å²) in [6, 6.07) is 0.671. The van der Waals surface area contributed by atoms with Crippen LogP contribution in [-0.4, -0.2) is 24.3 Å². The molecule has 2 rings (SSSR count). The van der Waals surface area contributed by atoms with Crippen LogP contribution in [0.1, 0.15) is 25.7 Å². The molecule has 0 aromatic carbocycles. The zero-order valence-electron chi connectivity index (χ0n) is 6.92. The van der Waals surface area contributed by atoms with Gasteiger partial charge in [0, 0.05) is 12.6 Å². The Hall–Kier alpha value is -0.120. The fourth-order valence-electron chi connectivity index (χ4n) is 2.36. The van der Waals surface area contributed by atoms with Gasteiger partial charge >= 0.3 is 0 Å². The predicted octanol–water partition coefficient (Wildman–Crippen LogP) is 0.282. The van der Waals surface area contributed by atoms with Gasteiger partial charge in [-0.15, -0.1) is 0 Å². The minimum atomic E-state index is 0.671. The van der Waals surface area contributed by atoms with Crippen LogP contribution in [0.25, 0.3) is 0 Å². The Balaban J connectivity index is 1.99. The van der Waals surface area contributed by atoms with Gasteiger partial charge in [-0.2, -0.15) is 0 Å². The standard InChI is InChI=1S/C8H17N3/c9-11-6-10-5-7-3-1-2-4-8(7)11/h7-8,10H,1-6,9H2. The van der Waals surface area contributed by atoms with Gasteiger partial charge in [-0.05, 0) is 18.8 Å². The minimum absolute atomic E-state index is 0.671. The highest BCUT2D eigenvalue weighted by Gasteiger charge is 2.31. The van der Waals surface area contributed by atoms with Gasteiger partial charge in [-0.1, -0.05) is 12.8 Å². The lowest BCUT2D eigenvalue weighted by Gasteiger charge is -2.41. The summed E-state index contributed by atoms with van der Waals surface area (Å²) >= 11 is 0. The topological polar surface area (TPSA) is 41.3 Å². The van der Waals surface area contributed by atoms with Crippen LogP contribution in [0.2, 0.25) is 0 Å². The summed E-state index contributed by atoms with van der Waals surface area (Å²) in [5.41, 5.74) is 0. The van der Waals surface area contributed by atoms with Crippen molar-refractivity contribution in [2.24, 2.45) is 11.8 Å². The molecule has 0 radical (unpaired) electrons. The lowest BCUT2D eigenvalue weighted by Crippen LogP contribution is -2.57. The molecular formula is C8H17N3. The number of hydrogen-bond acceptors (Lipinski definition) is 3. The van der Waals surface area contributed by atoms with Gasteiger partial charge in [0.15, 0.2) is 0 Å². The first-order chi connectivity index (χ1) is 5.38. The van der Waals surface area contributed by atoms with E-state index < -0.39 is 0 Å². The average molecular weight is 155 g/mol. The van der Waals surface area contributed by atoms with Gasteiger partial charge in [0.25, 0.3) is 0 Å². The molecule has 2 unspecified atom stereocenters. The molecule has 2 fully saturated rings. The lowest BCUT2D eigenvalue weighted by molar-refractivity contribution is 0.0577. The summed E-state index contributed by atoms with van der Waals surface area (Å²) in [6.45, 7) is 2.06. The molecule has 0 amide bonds. The Morgan fingerprint density at radius 3 is 2.91 bits per heavy atom. The van der Waals surface area contributed by atoms with Crippen molar-refractivity contribution in [1.82, 2.24) is 10.3 Å². The summed E-state index contributed by atoms with van der Waals surface area (Å²) in [4.78, 5) is 0. The molecule has 11 heavy (non-hydrogen) atoms. The second-order valence-electron chi connectivity index (χ2n) is 3.74. The van der Waals surface area contributed by atoms with Crippen molar-refractivity contribution in [1.29, 1.82) is 0 Å². The zero-order chi connectivity index (χ0) is 7.68. The van der Waals surface area contributed by atoms with Crippen LogP contribution in [0, 0.1) is 5.92 Å². The first kappa shape index (κ1) is 7.53. The van der Waals surface area contributed by atoms with Crippen molar-refractivity contribution in [3.63, 3.8) is 0 Å². The normalized spacial score (nSPS) is 40.1. The van der Waals surface area contributed by atoms with Gasteiger partial charge in [0.05, 0.1) is 6.67 Å². The predicted molar refractivity (Wildman–Crippen MR) is 44.6 cm³/mol. The van der Waals surface area contributed by atoms with Crippen molar-refractivity contribution < 1.29 is 0 Å². The van der Waals surface area contributed by atoms with E-state index in [-0.39, 0.29) is 0 Å². The number of hydrogen-bond donors (Lipinski definition) is 2. The van der Waals surface area contributed by atoms with Crippen LogP contribution in [0.4, 0.5) is 0 Å². The molecule has 1 saturated carbocycles. The third-order valence-electron chi connectivity index (χ3n) is 3.00. The van der Waals surface area contributed by atoms with Crippen LogP contribution in [0.15, 0.2) is 0 Å². The highest BCUT2D eigenvalue weighted by atomic mass is 15.5. The number of nitrogens with one attached hydrogen (secondary N) is 1. The Morgan fingerprint density at radius 2 is 2.09 bits per heavy atom. The van der Waals surface area contributed by atoms with Gasteiger partial charge in [0.1, 0.15) is 0 Å². The maximum atomic E-state index is 5.86. The molecule has 1 aliphatic carbocycles. The zero-order valence-corrected chi connectivity index (χ0v) is 6.92. The first-order valence-electron chi connectivity index (χ1n) is 4.60. The highest BCUT2D eigenvalue weighted by molar-refractivity contribution is 4.85. The van der Waals surface area contributed by atoms with Gasteiger partial charge < -0.3 is 5.32 Å². The number of rotatable bonds is 0. The second-order valence-corrected chi connectivity index (χ2v) is 3.74. The Bertz CT molecular complexity index is 135. The van der Waals surface area contributed by atoms with E-state index in [1.165, 1.54) is 32.2 Å². The van der Waals surface area contributed by atoms with Crippen molar-refractivity contribution >= 4 is 0 Å². The van der Waals surface area contributed by atoms with Gasteiger partial charge in [-0.25, -0.2) is 5.01 Å². The van der Waals surface area contributed by atoms with E-state index in [1.807, 2.05) is 5.01 Å². The third-order valence-corrected chi connectivity index (χ3v) is 3.00. The summed E-state index contributed by atoms with van der Waals surface area (Å²) in [6.07, 6.45) is 5.44. The monoisotopic (exact) mass is 155 g/mol. The molecule has 1 heterocycles. The average Bonchev–Trinajstić information content (AvgIpc) is 2.06. The van der Waals surface area contributed by atoms with E-state index in [9.17, 15) is 0 Å². The number of nitrogens with two attached hydrogens (primary N) is 1. The van der Waals surface area contributed by atoms with E-state index in [4.69, 9.17) is 5.84 Å². The molecule has 3 heteroatoms. The first-order valence-corrected chi connectivity index (χ1v) is 4.60. The summed E-state index contributed by atoms with van der Waals surface area (Å²) < 4.78 is 0. The van der Waals surface area contributed by atoms with Crippen LogP contribution in [0.5, 0.6) is 0 Å². The number of fused-ring (bicyclic) bond motifs is 1. The largest absolute Gasteiger partial charge is 0.303 e. The molecule has 3 nitrogen and oxygen atoms in total. The highest BCUT2D eigenvalue weighted by Crippen LogP contribution is 2.28. The second kappa shape index (κ2) is 3.09. The Labute approximate surface area is 67.9 Å². The van der Waals surface area contributed by atoms with E-state index >= 15 is 0 Å².